The van der Waals surface area contributed by atoms with E-state index in [4.69, 9.17) is 0 Å². The van der Waals surface area contributed by atoms with E-state index >= 15 is 0 Å². The van der Waals surface area contributed by atoms with Gasteiger partial charge in [-0.05, 0) is 41.5 Å². The number of benzene rings is 2. The molecule has 2 rings (SSSR count). The SMILES string of the molecule is Cc1c(O)c(S)cc2cc(S)ccc12. The molecule has 0 atom stereocenters. The Bertz CT molecular complexity index is 506. The number of aromatic hydroxyl groups is 1. The van der Waals surface area contributed by atoms with E-state index in [2.05, 4.69) is 25.3 Å². The third-order valence-electron chi connectivity index (χ3n) is 2.33. The molecule has 0 radical (unpaired) electrons. The highest BCUT2D eigenvalue weighted by Gasteiger charge is 2.06. The van der Waals surface area contributed by atoms with Crippen molar-refractivity contribution >= 4 is 36.0 Å². The minimum Gasteiger partial charge on any atom is -0.506 e. The topological polar surface area (TPSA) is 20.2 Å². The van der Waals surface area contributed by atoms with E-state index in [-0.39, 0.29) is 5.75 Å². The minimum atomic E-state index is 0.257. The number of hydrogen-bond donors (Lipinski definition) is 3. The van der Waals surface area contributed by atoms with E-state index in [1.807, 2.05) is 31.2 Å². The van der Waals surface area contributed by atoms with Crippen molar-refractivity contribution in [3.05, 3.63) is 29.8 Å². The van der Waals surface area contributed by atoms with Crippen LogP contribution in [0.25, 0.3) is 10.8 Å². The predicted octanol–water partition coefficient (Wildman–Crippen LogP) is 3.43. The number of thiol groups is 2. The van der Waals surface area contributed by atoms with Crippen LogP contribution in [0.2, 0.25) is 0 Å². The molecular weight excluding hydrogens is 212 g/mol. The summed E-state index contributed by atoms with van der Waals surface area (Å²) in [4.78, 5) is 1.52. The van der Waals surface area contributed by atoms with Gasteiger partial charge in [0, 0.05) is 9.79 Å². The van der Waals surface area contributed by atoms with Crippen molar-refractivity contribution in [1.82, 2.24) is 0 Å². The van der Waals surface area contributed by atoms with Crippen LogP contribution in [0, 0.1) is 6.92 Å². The van der Waals surface area contributed by atoms with Crippen LogP contribution >= 0.6 is 25.3 Å². The number of fused-ring (bicyclic) bond motifs is 1. The lowest BCUT2D eigenvalue weighted by Gasteiger charge is -2.07. The van der Waals surface area contributed by atoms with Crippen LogP contribution in [0.1, 0.15) is 5.56 Å². The van der Waals surface area contributed by atoms with Gasteiger partial charge in [-0.1, -0.05) is 6.07 Å². The van der Waals surface area contributed by atoms with Gasteiger partial charge in [-0.25, -0.2) is 0 Å². The van der Waals surface area contributed by atoms with Crippen LogP contribution in [-0.4, -0.2) is 5.11 Å². The Hall–Kier alpha value is -0.800. The van der Waals surface area contributed by atoms with Crippen molar-refractivity contribution in [2.24, 2.45) is 0 Å². The molecule has 0 fully saturated rings. The van der Waals surface area contributed by atoms with Crippen molar-refractivity contribution in [2.45, 2.75) is 16.7 Å². The van der Waals surface area contributed by atoms with Gasteiger partial charge in [0.15, 0.2) is 0 Å². The summed E-state index contributed by atoms with van der Waals surface area (Å²) in [7, 11) is 0. The van der Waals surface area contributed by atoms with E-state index in [0.717, 1.165) is 21.2 Å². The van der Waals surface area contributed by atoms with Gasteiger partial charge in [0.1, 0.15) is 5.75 Å². The summed E-state index contributed by atoms with van der Waals surface area (Å²) in [5.74, 6) is 0.257. The average Bonchev–Trinajstić information content (AvgIpc) is 2.14. The molecule has 0 bridgehead atoms. The molecule has 0 aliphatic carbocycles. The molecule has 0 unspecified atom stereocenters. The summed E-state index contributed by atoms with van der Waals surface area (Å²) >= 11 is 8.47. The van der Waals surface area contributed by atoms with Gasteiger partial charge in [0.2, 0.25) is 0 Å². The summed E-state index contributed by atoms with van der Waals surface area (Å²) in [6.07, 6.45) is 0. The van der Waals surface area contributed by atoms with E-state index in [0.29, 0.717) is 4.90 Å². The largest absolute Gasteiger partial charge is 0.506 e. The normalized spacial score (nSPS) is 10.8. The highest BCUT2D eigenvalue weighted by atomic mass is 32.1. The molecule has 2 aromatic rings. The second kappa shape index (κ2) is 3.41. The van der Waals surface area contributed by atoms with Crippen molar-refractivity contribution in [3.63, 3.8) is 0 Å². The Morgan fingerprint density at radius 1 is 1.14 bits per heavy atom. The first kappa shape index (κ1) is 9.74. The Labute approximate surface area is 93.6 Å². The molecule has 3 heteroatoms. The fourth-order valence-electron chi connectivity index (χ4n) is 1.55. The molecule has 0 saturated carbocycles. The first-order chi connectivity index (χ1) is 6.59. The quantitative estimate of drug-likeness (QED) is 0.583. The Morgan fingerprint density at radius 2 is 1.86 bits per heavy atom. The molecule has 0 saturated heterocycles. The third-order valence-corrected chi connectivity index (χ3v) is 2.95. The monoisotopic (exact) mass is 222 g/mol. The van der Waals surface area contributed by atoms with Crippen LogP contribution < -0.4 is 0 Å². The molecule has 0 aromatic heterocycles. The Morgan fingerprint density at radius 3 is 2.57 bits per heavy atom. The first-order valence-electron chi connectivity index (χ1n) is 4.24. The average molecular weight is 222 g/mol. The smallest absolute Gasteiger partial charge is 0.132 e. The molecule has 14 heavy (non-hydrogen) atoms. The summed E-state index contributed by atoms with van der Waals surface area (Å²) in [5.41, 5.74) is 0.862. The lowest BCUT2D eigenvalue weighted by molar-refractivity contribution is 0.459. The first-order valence-corrected chi connectivity index (χ1v) is 5.13. The van der Waals surface area contributed by atoms with Gasteiger partial charge >= 0.3 is 0 Å². The maximum Gasteiger partial charge on any atom is 0.132 e. The van der Waals surface area contributed by atoms with E-state index in [1.54, 1.807) is 0 Å². The molecule has 0 aliphatic heterocycles. The number of phenols is 1. The fraction of sp³-hybridized carbons (Fsp3) is 0.0909. The van der Waals surface area contributed by atoms with Gasteiger partial charge in [0.25, 0.3) is 0 Å². The molecule has 1 nitrogen and oxygen atoms in total. The molecule has 2 aromatic carbocycles. The maximum atomic E-state index is 9.68. The maximum absolute atomic E-state index is 9.68. The van der Waals surface area contributed by atoms with Crippen LogP contribution in [0.4, 0.5) is 0 Å². The highest BCUT2D eigenvalue weighted by molar-refractivity contribution is 7.80. The molecule has 0 amide bonds. The van der Waals surface area contributed by atoms with E-state index < -0.39 is 0 Å². The number of rotatable bonds is 0. The number of aryl methyl sites for hydroxylation is 1. The minimum absolute atomic E-state index is 0.257. The Kier molecular flexibility index (Phi) is 2.37. The van der Waals surface area contributed by atoms with Crippen molar-refractivity contribution in [1.29, 1.82) is 0 Å². The van der Waals surface area contributed by atoms with Gasteiger partial charge in [-0.2, -0.15) is 0 Å². The highest BCUT2D eigenvalue weighted by Crippen LogP contribution is 2.33. The number of phenolic OH excluding ortho intramolecular Hbond substituents is 1. The second-order valence-corrected chi connectivity index (χ2v) is 4.27. The number of hydrogen-bond acceptors (Lipinski definition) is 3. The molecule has 0 aliphatic rings. The lowest BCUT2D eigenvalue weighted by Crippen LogP contribution is -1.82. The summed E-state index contributed by atoms with van der Waals surface area (Å²) in [5, 5.41) is 11.8. The Balaban J connectivity index is 2.91. The van der Waals surface area contributed by atoms with E-state index in [1.165, 1.54) is 0 Å². The summed E-state index contributed by atoms with van der Waals surface area (Å²) < 4.78 is 0. The zero-order valence-corrected chi connectivity index (χ0v) is 9.44. The van der Waals surface area contributed by atoms with Crippen molar-refractivity contribution < 1.29 is 5.11 Å². The zero-order chi connectivity index (χ0) is 10.3. The molecule has 0 heterocycles. The third kappa shape index (κ3) is 1.47. The zero-order valence-electron chi connectivity index (χ0n) is 7.65. The predicted molar refractivity (Wildman–Crippen MR) is 64.9 cm³/mol. The molecular formula is C11H10OS2. The summed E-state index contributed by atoms with van der Waals surface area (Å²) in [6, 6.07) is 7.68. The van der Waals surface area contributed by atoms with Crippen LogP contribution in [-0.2, 0) is 0 Å². The second-order valence-electron chi connectivity index (χ2n) is 3.27. The molecule has 0 spiro atoms. The van der Waals surface area contributed by atoms with Crippen molar-refractivity contribution in [3.8, 4) is 5.75 Å². The van der Waals surface area contributed by atoms with Crippen molar-refractivity contribution in [2.75, 3.05) is 0 Å². The lowest BCUT2D eigenvalue weighted by atomic mass is 10.0. The summed E-state index contributed by atoms with van der Waals surface area (Å²) in [6.45, 7) is 1.88. The molecule has 72 valence electrons. The van der Waals surface area contributed by atoms with Gasteiger partial charge in [-0.15, -0.1) is 25.3 Å². The van der Waals surface area contributed by atoms with Gasteiger partial charge in [0.05, 0.1) is 0 Å². The molecule has 1 N–H and O–H groups in total. The van der Waals surface area contributed by atoms with E-state index in [9.17, 15) is 5.11 Å². The van der Waals surface area contributed by atoms with Crippen LogP contribution in [0.5, 0.6) is 5.75 Å². The van der Waals surface area contributed by atoms with Gasteiger partial charge < -0.3 is 5.11 Å². The standard InChI is InChI=1S/C11H10OS2/c1-6-9-3-2-8(13)4-7(9)5-10(14)11(6)12/h2-5,12-14H,1H3. The van der Waals surface area contributed by atoms with Crippen LogP contribution in [0.15, 0.2) is 34.1 Å². The van der Waals surface area contributed by atoms with Crippen LogP contribution in [0.3, 0.4) is 0 Å². The van der Waals surface area contributed by atoms with Gasteiger partial charge in [-0.3, -0.25) is 0 Å². The fourth-order valence-corrected chi connectivity index (χ4v) is 2.07.